The van der Waals surface area contributed by atoms with E-state index >= 15 is 0 Å². The Hall–Kier alpha value is -2.91. The molecule has 2 aromatic carbocycles. The summed E-state index contributed by atoms with van der Waals surface area (Å²) in [6.45, 7) is 5.63. The van der Waals surface area contributed by atoms with Crippen LogP contribution < -0.4 is 14.8 Å². The molecule has 3 aromatic rings. The molecule has 0 unspecified atom stereocenters. The number of nitrogens with one attached hydrogen (secondary N) is 2. The van der Waals surface area contributed by atoms with Crippen LogP contribution in [0.5, 0.6) is 5.75 Å². The molecular weight excluding hydrogens is 458 g/mol. The molecule has 33 heavy (non-hydrogen) atoms. The standard InChI is InChI=1S/C24H29N3O4S2/c1-24(2,3)23(28)26-21(14-16-8-10-18(11-9-16)27-33(29)30)22-25-19(15-32-22)12-17-6-5-7-20(13-17)31-4/h5-11,13,15,21,33H,12,14H2,1-4H3,(H,26,28)(H,27,29,30)/t21-/m0/s1. The molecule has 1 aromatic heterocycles. The number of hydrogen-bond acceptors (Lipinski definition) is 6. The predicted octanol–water partition coefficient (Wildman–Crippen LogP) is 4.13. The van der Waals surface area contributed by atoms with Crippen LogP contribution in [0.4, 0.5) is 5.69 Å². The van der Waals surface area contributed by atoms with Crippen LogP contribution in [0.2, 0.25) is 0 Å². The fourth-order valence-corrected chi connectivity index (χ4v) is 4.42. The summed E-state index contributed by atoms with van der Waals surface area (Å²) in [5.74, 6) is 0.747. The van der Waals surface area contributed by atoms with E-state index in [0.29, 0.717) is 18.5 Å². The molecule has 0 radical (unpaired) electrons. The average molecular weight is 488 g/mol. The number of anilines is 1. The zero-order valence-corrected chi connectivity index (χ0v) is 20.8. The van der Waals surface area contributed by atoms with E-state index < -0.39 is 16.3 Å². The van der Waals surface area contributed by atoms with Crippen LogP contribution in [0.15, 0.2) is 53.9 Å². The first-order valence-corrected chi connectivity index (χ1v) is 12.6. The molecule has 1 atom stereocenters. The number of amides is 1. The van der Waals surface area contributed by atoms with Gasteiger partial charge >= 0.3 is 0 Å². The Morgan fingerprint density at radius 3 is 2.48 bits per heavy atom. The highest BCUT2D eigenvalue weighted by Gasteiger charge is 2.26. The second-order valence-electron chi connectivity index (χ2n) is 8.75. The maximum absolute atomic E-state index is 12.8. The van der Waals surface area contributed by atoms with Crippen molar-refractivity contribution < 1.29 is 17.9 Å². The third-order valence-electron chi connectivity index (χ3n) is 4.99. The minimum Gasteiger partial charge on any atom is -0.497 e. The summed E-state index contributed by atoms with van der Waals surface area (Å²) in [7, 11) is -1.06. The Kier molecular flexibility index (Phi) is 8.10. The first-order chi connectivity index (χ1) is 15.6. The Morgan fingerprint density at radius 1 is 1.12 bits per heavy atom. The van der Waals surface area contributed by atoms with E-state index in [4.69, 9.17) is 9.72 Å². The molecule has 0 aliphatic carbocycles. The SMILES string of the molecule is COc1cccc(Cc2csc([C@H](Cc3ccc(N[SH](=O)=O)cc3)NC(=O)C(C)(C)C)n2)c1. The third-order valence-corrected chi connectivity index (χ3v) is 6.44. The molecule has 0 aliphatic heterocycles. The highest BCUT2D eigenvalue weighted by molar-refractivity contribution is 7.73. The van der Waals surface area contributed by atoms with Gasteiger partial charge in [0.15, 0.2) is 0 Å². The molecule has 1 amide bonds. The van der Waals surface area contributed by atoms with Crippen molar-refractivity contribution in [3.63, 3.8) is 0 Å². The van der Waals surface area contributed by atoms with E-state index in [1.165, 1.54) is 11.3 Å². The lowest BCUT2D eigenvalue weighted by molar-refractivity contribution is -0.129. The van der Waals surface area contributed by atoms with E-state index in [-0.39, 0.29) is 11.9 Å². The van der Waals surface area contributed by atoms with Crippen molar-refractivity contribution in [3.8, 4) is 5.75 Å². The maximum Gasteiger partial charge on any atom is 0.225 e. The largest absolute Gasteiger partial charge is 0.497 e. The average Bonchev–Trinajstić information content (AvgIpc) is 3.22. The minimum absolute atomic E-state index is 0.0568. The van der Waals surface area contributed by atoms with Crippen LogP contribution in [0.25, 0.3) is 0 Å². The first kappa shape index (κ1) is 24.7. The lowest BCUT2D eigenvalue weighted by atomic mass is 9.94. The summed E-state index contributed by atoms with van der Waals surface area (Å²) in [5, 5.41) is 5.99. The van der Waals surface area contributed by atoms with Gasteiger partial charge in [0.2, 0.25) is 16.8 Å². The minimum atomic E-state index is -2.71. The maximum atomic E-state index is 12.8. The van der Waals surface area contributed by atoms with Gasteiger partial charge in [-0.25, -0.2) is 13.4 Å². The third kappa shape index (κ3) is 7.30. The number of nitrogens with zero attached hydrogens (tertiary/aromatic N) is 1. The topological polar surface area (TPSA) is 97.4 Å². The molecule has 9 heteroatoms. The molecule has 3 rings (SSSR count). The summed E-state index contributed by atoms with van der Waals surface area (Å²) in [6, 6.07) is 14.7. The number of rotatable bonds is 9. The van der Waals surface area contributed by atoms with E-state index in [0.717, 1.165) is 27.6 Å². The monoisotopic (exact) mass is 487 g/mol. The molecular formula is C24H29N3O4S2. The second-order valence-corrected chi connectivity index (χ2v) is 10.4. The summed E-state index contributed by atoms with van der Waals surface area (Å²) in [6.07, 6.45) is 1.21. The molecule has 0 saturated heterocycles. The second kappa shape index (κ2) is 10.8. The summed E-state index contributed by atoms with van der Waals surface area (Å²) in [4.78, 5) is 17.6. The number of ether oxygens (including phenoxy) is 1. The van der Waals surface area contributed by atoms with Crippen LogP contribution in [0, 0.1) is 5.41 Å². The van der Waals surface area contributed by atoms with Crippen molar-refractivity contribution >= 4 is 33.8 Å². The van der Waals surface area contributed by atoms with Crippen molar-refractivity contribution in [2.75, 3.05) is 11.8 Å². The summed E-state index contributed by atoms with van der Waals surface area (Å²) < 4.78 is 29.4. The summed E-state index contributed by atoms with van der Waals surface area (Å²) >= 11 is 1.52. The van der Waals surface area contributed by atoms with Crippen LogP contribution in [-0.2, 0) is 28.5 Å². The predicted molar refractivity (Wildman–Crippen MR) is 132 cm³/mol. The Labute approximate surface area is 200 Å². The number of carbonyl (C=O) groups excluding carboxylic acids is 1. The van der Waals surface area contributed by atoms with E-state index in [1.807, 2.05) is 62.5 Å². The number of thiazole rings is 1. The molecule has 176 valence electrons. The smallest absolute Gasteiger partial charge is 0.225 e. The van der Waals surface area contributed by atoms with Gasteiger partial charge in [-0.1, -0.05) is 45.0 Å². The van der Waals surface area contributed by atoms with Gasteiger partial charge in [0, 0.05) is 22.9 Å². The van der Waals surface area contributed by atoms with Gasteiger partial charge in [0.05, 0.1) is 18.8 Å². The van der Waals surface area contributed by atoms with Gasteiger partial charge in [-0.3, -0.25) is 9.52 Å². The first-order valence-electron chi connectivity index (χ1n) is 10.5. The number of thiol groups is 1. The number of benzene rings is 2. The lowest BCUT2D eigenvalue weighted by Crippen LogP contribution is -2.38. The van der Waals surface area contributed by atoms with Gasteiger partial charge in [-0.15, -0.1) is 11.3 Å². The summed E-state index contributed by atoms with van der Waals surface area (Å²) in [5.41, 5.74) is 2.95. The van der Waals surface area contributed by atoms with Gasteiger partial charge in [-0.05, 0) is 41.8 Å². The van der Waals surface area contributed by atoms with Crippen LogP contribution in [0.3, 0.4) is 0 Å². The van der Waals surface area contributed by atoms with Crippen molar-refractivity contribution in [2.24, 2.45) is 5.41 Å². The number of carbonyl (C=O) groups is 1. The molecule has 0 aliphatic rings. The van der Waals surface area contributed by atoms with E-state index in [1.54, 1.807) is 19.2 Å². The molecule has 0 spiro atoms. The molecule has 2 N–H and O–H groups in total. The Balaban J connectivity index is 1.81. The van der Waals surface area contributed by atoms with Crippen molar-refractivity contribution in [1.29, 1.82) is 0 Å². The van der Waals surface area contributed by atoms with E-state index in [2.05, 4.69) is 10.0 Å². The van der Waals surface area contributed by atoms with Crippen LogP contribution in [0.1, 0.15) is 48.6 Å². The van der Waals surface area contributed by atoms with Crippen molar-refractivity contribution in [3.05, 3.63) is 75.7 Å². The number of hydrogen-bond donors (Lipinski definition) is 3. The molecule has 1 heterocycles. The zero-order chi connectivity index (χ0) is 24.0. The van der Waals surface area contributed by atoms with Gasteiger partial charge in [0.1, 0.15) is 10.8 Å². The molecule has 0 bridgehead atoms. The van der Waals surface area contributed by atoms with Crippen molar-refractivity contribution in [2.45, 2.75) is 39.7 Å². The molecule has 7 nitrogen and oxygen atoms in total. The Morgan fingerprint density at radius 2 is 1.85 bits per heavy atom. The Bertz CT molecular complexity index is 1160. The fourth-order valence-electron chi connectivity index (χ4n) is 3.19. The quantitative estimate of drug-likeness (QED) is 0.395. The van der Waals surface area contributed by atoms with Gasteiger partial charge in [-0.2, -0.15) is 0 Å². The zero-order valence-electron chi connectivity index (χ0n) is 19.1. The number of methoxy groups -OCH3 is 1. The molecule has 0 fully saturated rings. The van der Waals surface area contributed by atoms with Gasteiger partial charge < -0.3 is 10.1 Å². The number of aromatic nitrogens is 1. The van der Waals surface area contributed by atoms with Gasteiger partial charge in [0.25, 0.3) is 0 Å². The van der Waals surface area contributed by atoms with Crippen LogP contribution in [-0.4, -0.2) is 26.4 Å². The van der Waals surface area contributed by atoms with E-state index in [9.17, 15) is 13.2 Å². The van der Waals surface area contributed by atoms with Crippen LogP contribution >= 0.6 is 11.3 Å². The molecule has 0 saturated carbocycles. The van der Waals surface area contributed by atoms with Crippen molar-refractivity contribution in [1.82, 2.24) is 10.3 Å². The highest BCUT2D eigenvalue weighted by atomic mass is 32.2. The highest BCUT2D eigenvalue weighted by Crippen LogP contribution is 2.26. The fraction of sp³-hybridized carbons (Fsp3) is 0.333. The lowest BCUT2D eigenvalue weighted by Gasteiger charge is -2.23. The normalized spacial score (nSPS) is 12.4.